The molecule has 1 aliphatic rings. The zero-order chi connectivity index (χ0) is 11.4. The number of carbonyl (C=O) groups excluding carboxylic acids is 1. The second-order valence-electron chi connectivity index (χ2n) is 4.22. The van der Waals surface area contributed by atoms with Crippen molar-refractivity contribution >= 4 is 11.9 Å². The lowest BCUT2D eigenvalue weighted by molar-refractivity contribution is -0.143. The lowest BCUT2D eigenvalue weighted by Gasteiger charge is -2.26. The number of aliphatic carboxylic acids is 1. The summed E-state index contributed by atoms with van der Waals surface area (Å²) in [5.41, 5.74) is 0. The van der Waals surface area contributed by atoms with Crippen molar-refractivity contribution in [3.8, 4) is 0 Å². The molecule has 102 valence electrons. The van der Waals surface area contributed by atoms with Gasteiger partial charge >= 0.3 is 5.97 Å². The number of carboxylic acids is 1. The number of nitrogens with zero attached hydrogens (tertiary/aromatic N) is 1. The first-order valence-corrected chi connectivity index (χ1v) is 5.58. The molecule has 0 saturated carbocycles. The summed E-state index contributed by atoms with van der Waals surface area (Å²) in [6.45, 7) is 4.60. The van der Waals surface area contributed by atoms with Crippen LogP contribution >= 0.6 is 0 Å². The van der Waals surface area contributed by atoms with Crippen LogP contribution in [0.3, 0.4) is 0 Å². The largest absolute Gasteiger partial charge is 0.481 e. The van der Waals surface area contributed by atoms with E-state index < -0.39 is 5.97 Å². The van der Waals surface area contributed by atoms with Crippen LogP contribution in [0.2, 0.25) is 0 Å². The Morgan fingerprint density at radius 1 is 1.47 bits per heavy atom. The van der Waals surface area contributed by atoms with Crippen molar-refractivity contribution in [2.24, 2.45) is 5.92 Å². The molecule has 1 saturated heterocycles. The SMILES string of the molecule is C.C.CCC(CC(C)N1CCCC1=O)C(=O)O. The fourth-order valence-corrected chi connectivity index (χ4v) is 2.12. The van der Waals surface area contributed by atoms with Gasteiger partial charge in [0.05, 0.1) is 5.92 Å². The predicted molar refractivity (Wildman–Crippen MR) is 69.9 cm³/mol. The van der Waals surface area contributed by atoms with Crippen LogP contribution < -0.4 is 0 Å². The molecule has 1 fully saturated rings. The first kappa shape index (κ1) is 18.3. The second kappa shape index (κ2) is 8.09. The molecule has 1 heterocycles. The Morgan fingerprint density at radius 2 is 2.06 bits per heavy atom. The Labute approximate surface area is 105 Å². The van der Waals surface area contributed by atoms with E-state index in [1.54, 1.807) is 0 Å². The van der Waals surface area contributed by atoms with Crippen LogP contribution in [0, 0.1) is 5.92 Å². The summed E-state index contributed by atoms with van der Waals surface area (Å²) in [7, 11) is 0. The summed E-state index contributed by atoms with van der Waals surface area (Å²) in [6.07, 6.45) is 2.72. The van der Waals surface area contributed by atoms with E-state index in [-0.39, 0.29) is 32.7 Å². The van der Waals surface area contributed by atoms with Crippen LogP contribution in [0.4, 0.5) is 0 Å². The molecular formula is C13H27NO3. The lowest BCUT2D eigenvalue weighted by atomic mass is 9.97. The number of hydrogen-bond acceptors (Lipinski definition) is 2. The Balaban J connectivity index is 0. The van der Waals surface area contributed by atoms with Gasteiger partial charge < -0.3 is 10.0 Å². The van der Waals surface area contributed by atoms with E-state index in [9.17, 15) is 9.59 Å². The Kier molecular flexibility index (Phi) is 8.72. The van der Waals surface area contributed by atoms with Gasteiger partial charge in [-0.1, -0.05) is 21.8 Å². The summed E-state index contributed by atoms with van der Waals surface area (Å²) in [5, 5.41) is 8.93. The quantitative estimate of drug-likeness (QED) is 0.810. The van der Waals surface area contributed by atoms with Gasteiger partial charge in [-0.2, -0.15) is 0 Å². The van der Waals surface area contributed by atoms with Crippen molar-refractivity contribution in [2.45, 2.75) is 60.4 Å². The molecule has 0 aromatic rings. The minimum absolute atomic E-state index is 0. The highest BCUT2D eigenvalue weighted by molar-refractivity contribution is 5.78. The Hall–Kier alpha value is -1.06. The van der Waals surface area contributed by atoms with Crippen LogP contribution in [-0.2, 0) is 9.59 Å². The van der Waals surface area contributed by atoms with Gasteiger partial charge in [-0.05, 0) is 26.2 Å². The molecule has 1 amide bonds. The van der Waals surface area contributed by atoms with E-state index >= 15 is 0 Å². The molecule has 0 aliphatic carbocycles. The van der Waals surface area contributed by atoms with Crippen molar-refractivity contribution in [1.82, 2.24) is 4.90 Å². The van der Waals surface area contributed by atoms with E-state index in [0.717, 1.165) is 13.0 Å². The van der Waals surface area contributed by atoms with Crippen LogP contribution in [0.1, 0.15) is 54.4 Å². The third-order valence-electron chi connectivity index (χ3n) is 3.11. The molecule has 2 unspecified atom stereocenters. The average Bonchev–Trinajstić information content (AvgIpc) is 2.60. The number of rotatable bonds is 5. The van der Waals surface area contributed by atoms with Gasteiger partial charge in [0.15, 0.2) is 0 Å². The maximum Gasteiger partial charge on any atom is 0.306 e. The number of hydrogen-bond donors (Lipinski definition) is 1. The van der Waals surface area contributed by atoms with Crippen molar-refractivity contribution in [1.29, 1.82) is 0 Å². The highest BCUT2D eigenvalue weighted by atomic mass is 16.4. The molecule has 1 aliphatic heterocycles. The maximum atomic E-state index is 11.4. The van der Waals surface area contributed by atoms with E-state index in [2.05, 4.69) is 0 Å². The molecule has 0 aromatic carbocycles. The predicted octanol–water partition coefficient (Wildman–Crippen LogP) is 2.77. The number of carbonyl (C=O) groups is 2. The summed E-state index contributed by atoms with van der Waals surface area (Å²) in [5.74, 6) is -0.910. The third-order valence-corrected chi connectivity index (χ3v) is 3.11. The zero-order valence-electron chi connectivity index (χ0n) is 9.40. The smallest absolute Gasteiger partial charge is 0.306 e. The van der Waals surface area contributed by atoms with Gasteiger partial charge in [-0.3, -0.25) is 9.59 Å². The van der Waals surface area contributed by atoms with E-state index in [1.165, 1.54) is 0 Å². The molecule has 1 rings (SSSR count). The van der Waals surface area contributed by atoms with Gasteiger partial charge in [0, 0.05) is 19.0 Å². The summed E-state index contributed by atoms with van der Waals surface area (Å²) < 4.78 is 0. The Morgan fingerprint density at radius 3 is 2.41 bits per heavy atom. The molecule has 17 heavy (non-hydrogen) atoms. The molecule has 0 aromatic heterocycles. The fourth-order valence-electron chi connectivity index (χ4n) is 2.12. The first-order valence-electron chi connectivity index (χ1n) is 5.58. The zero-order valence-corrected chi connectivity index (χ0v) is 9.40. The third kappa shape index (κ3) is 4.75. The molecule has 0 radical (unpaired) electrons. The van der Waals surface area contributed by atoms with Crippen molar-refractivity contribution < 1.29 is 14.7 Å². The van der Waals surface area contributed by atoms with Gasteiger partial charge in [-0.15, -0.1) is 0 Å². The first-order chi connectivity index (χ1) is 7.06. The summed E-state index contributed by atoms with van der Waals surface area (Å²) in [4.78, 5) is 24.1. The Bertz CT molecular complexity index is 253. The molecule has 0 spiro atoms. The number of carboxylic acid groups (broad SMARTS) is 1. The highest BCUT2D eigenvalue weighted by Crippen LogP contribution is 2.20. The summed E-state index contributed by atoms with van der Waals surface area (Å²) in [6, 6.07) is 0.0565. The monoisotopic (exact) mass is 245 g/mol. The van der Waals surface area contributed by atoms with Crippen molar-refractivity contribution in [3.63, 3.8) is 0 Å². The topological polar surface area (TPSA) is 57.6 Å². The molecular weight excluding hydrogens is 218 g/mol. The molecule has 4 heteroatoms. The molecule has 0 bridgehead atoms. The maximum absolute atomic E-state index is 11.4. The number of amides is 1. The second-order valence-corrected chi connectivity index (χ2v) is 4.22. The van der Waals surface area contributed by atoms with Crippen LogP contribution in [0.5, 0.6) is 0 Å². The molecule has 4 nitrogen and oxygen atoms in total. The standard InChI is InChI=1S/C11H19NO3.2CH4/c1-3-9(11(14)15)7-8(2)12-6-4-5-10(12)13;;/h8-9H,3-7H2,1-2H3,(H,14,15);2*1H4. The van der Waals surface area contributed by atoms with E-state index in [4.69, 9.17) is 5.11 Å². The fraction of sp³-hybridized carbons (Fsp3) is 0.846. The van der Waals surface area contributed by atoms with Crippen molar-refractivity contribution in [2.75, 3.05) is 6.54 Å². The van der Waals surface area contributed by atoms with Crippen LogP contribution in [0.25, 0.3) is 0 Å². The van der Waals surface area contributed by atoms with Crippen LogP contribution in [0.15, 0.2) is 0 Å². The molecule has 1 N–H and O–H groups in total. The van der Waals surface area contributed by atoms with Crippen LogP contribution in [-0.4, -0.2) is 34.5 Å². The average molecular weight is 245 g/mol. The van der Waals surface area contributed by atoms with E-state index in [0.29, 0.717) is 19.3 Å². The lowest BCUT2D eigenvalue weighted by Crippen LogP contribution is -2.36. The van der Waals surface area contributed by atoms with Gasteiger partial charge in [0.25, 0.3) is 0 Å². The van der Waals surface area contributed by atoms with Crippen molar-refractivity contribution in [3.05, 3.63) is 0 Å². The number of likely N-dealkylation sites (tertiary alicyclic amines) is 1. The molecule has 2 atom stereocenters. The van der Waals surface area contributed by atoms with Gasteiger partial charge in [0.2, 0.25) is 5.91 Å². The van der Waals surface area contributed by atoms with Gasteiger partial charge in [-0.25, -0.2) is 0 Å². The highest BCUT2D eigenvalue weighted by Gasteiger charge is 2.28. The van der Waals surface area contributed by atoms with E-state index in [1.807, 2.05) is 18.7 Å². The van der Waals surface area contributed by atoms with Gasteiger partial charge in [0.1, 0.15) is 0 Å². The summed E-state index contributed by atoms with van der Waals surface area (Å²) >= 11 is 0. The normalized spacial score (nSPS) is 18.0. The minimum atomic E-state index is -0.754. The minimum Gasteiger partial charge on any atom is -0.481 e.